The van der Waals surface area contributed by atoms with Gasteiger partial charge >= 0.3 is 0 Å². The molecule has 35 heavy (non-hydrogen) atoms. The molecule has 0 radical (unpaired) electrons. The molecule has 4 rings (SSSR count). The Morgan fingerprint density at radius 1 is 0.800 bits per heavy atom. The van der Waals surface area contributed by atoms with Crippen LogP contribution >= 0.6 is 0 Å². The molecule has 8 nitrogen and oxygen atoms in total. The molecule has 0 spiro atoms. The largest absolute Gasteiger partial charge is 0.493 e. The molecule has 0 amide bonds. The monoisotopic (exact) mass is 471 g/mol. The molecule has 0 saturated heterocycles. The smallest absolute Gasteiger partial charge is 0.185 e. The first-order valence-corrected chi connectivity index (χ1v) is 10.7. The molecular weight excluding hydrogens is 446 g/mol. The summed E-state index contributed by atoms with van der Waals surface area (Å²) in [7, 11) is 6.30. The van der Waals surface area contributed by atoms with Crippen molar-refractivity contribution in [1.82, 2.24) is 9.97 Å². The first-order chi connectivity index (χ1) is 17.1. The number of hydrogen-bond donors (Lipinski definition) is 1. The van der Waals surface area contributed by atoms with Crippen LogP contribution in [-0.4, -0.2) is 44.2 Å². The van der Waals surface area contributed by atoms with Crippen LogP contribution in [0.15, 0.2) is 67.0 Å². The number of anilines is 2. The fraction of sp³-hybridized carbons (Fsp3) is 0.148. The second-order valence-electron chi connectivity index (χ2n) is 7.46. The molecule has 0 unspecified atom stereocenters. The van der Waals surface area contributed by atoms with Gasteiger partial charge in [0.05, 0.1) is 34.0 Å². The van der Waals surface area contributed by atoms with Crippen LogP contribution in [0.1, 0.15) is 15.9 Å². The highest BCUT2D eigenvalue weighted by Crippen LogP contribution is 2.34. The van der Waals surface area contributed by atoms with Crippen LogP contribution in [-0.2, 0) is 0 Å². The molecule has 0 bridgehead atoms. The number of allylic oxidation sites excluding steroid dienone is 1. The predicted molar refractivity (Wildman–Crippen MR) is 135 cm³/mol. The van der Waals surface area contributed by atoms with E-state index in [2.05, 4.69) is 15.3 Å². The van der Waals surface area contributed by atoms with Gasteiger partial charge < -0.3 is 24.3 Å². The van der Waals surface area contributed by atoms with Crippen LogP contribution in [0, 0.1) is 0 Å². The molecule has 3 aromatic carbocycles. The van der Waals surface area contributed by atoms with Gasteiger partial charge in [-0.2, -0.15) is 0 Å². The zero-order chi connectivity index (χ0) is 24.8. The molecule has 0 fully saturated rings. The van der Waals surface area contributed by atoms with Gasteiger partial charge in [0.25, 0.3) is 0 Å². The van der Waals surface area contributed by atoms with E-state index in [1.807, 2.05) is 30.3 Å². The summed E-state index contributed by atoms with van der Waals surface area (Å²) in [5.74, 6) is 2.83. The van der Waals surface area contributed by atoms with E-state index in [0.29, 0.717) is 45.6 Å². The molecule has 0 aliphatic carbocycles. The number of nitrogens with zero attached hydrogens (tertiary/aromatic N) is 2. The van der Waals surface area contributed by atoms with Crippen LogP contribution < -0.4 is 24.3 Å². The summed E-state index contributed by atoms with van der Waals surface area (Å²) < 4.78 is 21.4. The Morgan fingerprint density at radius 3 is 2.26 bits per heavy atom. The van der Waals surface area contributed by atoms with Crippen molar-refractivity contribution in [3.63, 3.8) is 0 Å². The Morgan fingerprint density at radius 2 is 1.51 bits per heavy atom. The molecule has 0 aliphatic rings. The van der Waals surface area contributed by atoms with Crippen molar-refractivity contribution in [2.24, 2.45) is 0 Å². The predicted octanol–water partition coefficient (Wildman–Crippen LogP) is 5.30. The van der Waals surface area contributed by atoms with E-state index in [4.69, 9.17) is 18.9 Å². The average Bonchev–Trinajstić information content (AvgIpc) is 2.91. The Kier molecular flexibility index (Phi) is 7.11. The van der Waals surface area contributed by atoms with Crippen molar-refractivity contribution in [3.8, 4) is 23.0 Å². The van der Waals surface area contributed by atoms with E-state index in [1.54, 1.807) is 58.8 Å². The number of hydrogen-bond acceptors (Lipinski definition) is 8. The average molecular weight is 472 g/mol. The summed E-state index contributed by atoms with van der Waals surface area (Å²) in [4.78, 5) is 21.5. The third kappa shape index (κ3) is 5.16. The van der Waals surface area contributed by atoms with Gasteiger partial charge in [0.2, 0.25) is 0 Å². The Labute approximate surface area is 203 Å². The summed E-state index contributed by atoms with van der Waals surface area (Å²) in [5.41, 5.74) is 2.77. The number of aromatic nitrogens is 2. The highest BCUT2D eigenvalue weighted by molar-refractivity contribution is 6.07. The lowest BCUT2D eigenvalue weighted by Crippen LogP contribution is -2.00. The van der Waals surface area contributed by atoms with Gasteiger partial charge in [0.1, 0.15) is 12.1 Å². The minimum Gasteiger partial charge on any atom is -0.493 e. The van der Waals surface area contributed by atoms with E-state index in [1.165, 1.54) is 12.4 Å². The number of carbonyl (C=O) groups is 1. The quantitative estimate of drug-likeness (QED) is 0.260. The molecule has 0 aliphatic heterocycles. The second-order valence-corrected chi connectivity index (χ2v) is 7.46. The summed E-state index contributed by atoms with van der Waals surface area (Å²) in [6.07, 6.45) is 4.73. The van der Waals surface area contributed by atoms with E-state index in [9.17, 15) is 4.79 Å². The van der Waals surface area contributed by atoms with Crippen LogP contribution in [0.2, 0.25) is 0 Å². The van der Waals surface area contributed by atoms with Crippen LogP contribution in [0.3, 0.4) is 0 Å². The SMILES string of the molecule is COc1ccc(/C=C/C(=O)c2cccc(Nc3ncnc4cc(OC)c(OC)cc34)c2)cc1OC. The minimum atomic E-state index is -0.137. The van der Waals surface area contributed by atoms with Gasteiger partial charge in [-0.15, -0.1) is 0 Å². The fourth-order valence-corrected chi connectivity index (χ4v) is 3.59. The maximum absolute atomic E-state index is 12.8. The molecule has 4 aromatic rings. The lowest BCUT2D eigenvalue weighted by Gasteiger charge is -2.12. The molecular formula is C27H25N3O5. The summed E-state index contributed by atoms with van der Waals surface area (Å²) in [6.45, 7) is 0. The standard InChI is InChI=1S/C27H25N3O5/c1-32-23-11-9-17(12-24(23)33-2)8-10-22(31)18-6-5-7-19(13-18)30-27-20-14-25(34-3)26(35-4)15-21(20)28-16-29-27/h5-16H,1-4H3,(H,28,29,30)/b10-8+. The van der Waals surface area contributed by atoms with Crippen molar-refractivity contribution in [1.29, 1.82) is 0 Å². The number of nitrogens with one attached hydrogen (secondary N) is 1. The first-order valence-electron chi connectivity index (χ1n) is 10.7. The number of benzene rings is 3. The zero-order valence-electron chi connectivity index (χ0n) is 19.9. The zero-order valence-corrected chi connectivity index (χ0v) is 19.9. The summed E-state index contributed by atoms with van der Waals surface area (Å²) in [5, 5.41) is 4.04. The fourth-order valence-electron chi connectivity index (χ4n) is 3.59. The van der Waals surface area contributed by atoms with E-state index in [0.717, 1.165) is 10.9 Å². The Balaban J connectivity index is 1.57. The third-order valence-electron chi connectivity index (χ3n) is 5.39. The molecule has 1 aromatic heterocycles. The number of fused-ring (bicyclic) bond motifs is 1. The summed E-state index contributed by atoms with van der Waals surface area (Å²) in [6, 6.07) is 16.3. The lowest BCUT2D eigenvalue weighted by atomic mass is 10.1. The number of methoxy groups -OCH3 is 4. The molecule has 178 valence electrons. The van der Waals surface area contributed by atoms with Crippen LogP contribution in [0.25, 0.3) is 17.0 Å². The molecule has 0 atom stereocenters. The maximum Gasteiger partial charge on any atom is 0.185 e. The van der Waals surface area contributed by atoms with E-state index < -0.39 is 0 Å². The Hall–Kier alpha value is -4.59. The van der Waals surface area contributed by atoms with E-state index >= 15 is 0 Å². The third-order valence-corrected chi connectivity index (χ3v) is 5.39. The maximum atomic E-state index is 12.8. The highest BCUT2D eigenvalue weighted by atomic mass is 16.5. The number of carbonyl (C=O) groups excluding carboxylic acids is 1. The van der Waals surface area contributed by atoms with Crippen LogP contribution in [0.4, 0.5) is 11.5 Å². The topological polar surface area (TPSA) is 91.8 Å². The van der Waals surface area contributed by atoms with Crippen LogP contribution in [0.5, 0.6) is 23.0 Å². The molecule has 1 N–H and O–H groups in total. The number of rotatable bonds is 9. The van der Waals surface area contributed by atoms with Gasteiger partial charge in [0.15, 0.2) is 28.8 Å². The molecule has 0 saturated carbocycles. The first kappa shape index (κ1) is 23.6. The van der Waals surface area contributed by atoms with Crippen molar-refractivity contribution < 1.29 is 23.7 Å². The van der Waals surface area contributed by atoms with Crippen molar-refractivity contribution in [2.45, 2.75) is 0 Å². The van der Waals surface area contributed by atoms with Crippen molar-refractivity contribution >= 4 is 34.3 Å². The molecule has 8 heteroatoms. The second kappa shape index (κ2) is 10.6. The van der Waals surface area contributed by atoms with Gasteiger partial charge in [-0.05, 0) is 42.0 Å². The van der Waals surface area contributed by atoms with Gasteiger partial charge in [0, 0.05) is 22.7 Å². The van der Waals surface area contributed by atoms with Crippen molar-refractivity contribution in [3.05, 3.63) is 78.1 Å². The highest BCUT2D eigenvalue weighted by Gasteiger charge is 2.12. The lowest BCUT2D eigenvalue weighted by molar-refractivity contribution is 0.104. The molecule has 1 heterocycles. The van der Waals surface area contributed by atoms with Gasteiger partial charge in [-0.3, -0.25) is 4.79 Å². The van der Waals surface area contributed by atoms with Crippen molar-refractivity contribution in [2.75, 3.05) is 33.8 Å². The normalized spacial score (nSPS) is 10.9. The van der Waals surface area contributed by atoms with Gasteiger partial charge in [-0.1, -0.05) is 24.3 Å². The minimum absolute atomic E-state index is 0.137. The van der Waals surface area contributed by atoms with E-state index in [-0.39, 0.29) is 5.78 Å². The number of ketones is 1. The number of ether oxygens (including phenoxy) is 4. The Bertz CT molecular complexity index is 1400. The van der Waals surface area contributed by atoms with Gasteiger partial charge in [-0.25, -0.2) is 9.97 Å². The summed E-state index contributed by atoms with van der Waals surface area (Å²) >= 11 is 0.